The molecule has 6 nitrogen and oxygen atoms in total. The summed E-state index contributed by atoms with van der Waals surface area (Å²) >= 11 is -1.94. The largest absolute Gasteiger partial charge is 0.478 e. The van der Waals surface area contributed by atoms with Gasteiger partial charge in [0.15, 0.2) is 11.1 Å². The predicted molar refractivity (Wildman–Crippen MR) is 70.9 cm³/mol. The third kappa shape index (κ3) is 3.52. The van der Waals surface area contributed by atoms with Crippen molar-refractivity contribution in [1.82, 2.24) is 0 Å². The van der Waals surface area contributed by atoms with Crippen molar-refractivity contribution in [2.75, 3.05) is 31.2 Å². The molecule has 1 saturated heterocycles. The van der Waals surface area contributed by atoms with Crippen LogP contribution in [0.3, 0.4) is 0 Å². The summed E-state index contributed by atoms with van der Waals surface area (Å²) in [7, 11) is 0. The lowest BCUT2D eigenvalue weighted by Crippen LogP contribution is -2.37. The fourth-order valence-electron chi connectivity index (χ4n) is 2.06. The molecule has 0 amide bonds. The van der Waals surface area contributed by atoms with E-state index in [1.54, 1.807) is 12.1 Å². The van der Waals surface area contributed by atoms with Crippen LogP contribution in [0.5, 0.6) is 0 Å². The van der Waals surface area contributed by atoms with Gasteiger partial charge in [-0.2, -0.15) is 0 Å². The summed E-state index contributed by atoms with van der Waals surface area (Å²) in [6.45, 7) is 2.34. The molecule has 1 fully saturated rings. The van der Waals surface area contributed by atoms with Crippen molar-refractivity contribution < 1.29 is 23.4 Å². The number of hydrogen-bond acceptors (Lipinski definition) is 4. The zero-order valence-electron chi connectivity index (χ0n) is 10.2. The van der Waals surface area contributed by atoms with E-state index < -0.39 is 17.0 Å². The molecule has 2 N–H and O–H groups in total. The summed E-state index contributed by atoms with van der Waals surface area (Å²) in [5, 5.41) is 9.20. The molecule has 1 aliphatic rings. The summed E-state index contributed by atoms with van der Waals surface area (Å²) in [6, 6.07) is 4.72. The van der Waals surface area contributed by atoms with Crippen molar-refractivity contribution in [2.45, 2.75) is 5.75 Å². The number of nitrogens with zero attached hydrogens (tertiary/aromatic N) is 1. The Morgan fingerprint density at radius 1 is 1.37 bits per heavy atom. The van der Waals surface area contributed by atoms with Gasteiger partial charge in [0.05, 0.1) is 30.2 Å². The van der Waals surface area contributed by atoms with Crippen molar-refractivity contribution in [2.24, 2.45) is 0 Å². The lowest BCUT2D eigenvalue weighted by Gasteiger charge is -2.30. The Balaban J connectivity index is 2.34. The van der Waals surface area contributed by atoms with Crippen LogP contribution < -0.4 is 4.90 Å². The Morgan fingerprint density at radius 2 is 2.05 bits per heavy atom. The number of hydrogen-bond donors (Lipinski definition) is 2. The van der Waals surface area contributed by atoms with Gasteiger partial charge in [0.2, 0.25) is 0 Å². The average molecular weight is 285 g/mol. The van der Waals surface area contributed by atoms with Crippen LogP contribution in [-0.4, -0.2) is 46.1 Å². The van der Waals surface area contributed by atoms with Gasteiger partial charge < -0.3 is 19.3 Å². The van der Waals surface area contributed by atoms with Crippen LogP contribution in [0.2, 0.25) is 0 Å². The smallest absolute Gasteiger partial charge is 0.337 e. The first-order chi connectivity index (χ1) is 9.08. The predicted octanol–water partition coefficient (Wildman–Crippen LogP) is 0.943. The first-order valence-corrected chi connectivity index (χ1v) is 7.12. The van der Waals surface area contributed by atoms with E-state index in [0.29, 0.717) is 37.6 Å². The molecule has 7 heteroatoms. The van der Waals surface area contributed by atoms with Crippen LogP contribution in [0, 0.1) is 0 Å². The molecule has 19 heavy (non-hydrogen) atoms. The van der Waals surface area contributed by atoms with Crippen LogP contribution >= 0.6 is 0 Å². The normalized spacial score (nSPS) is 17.2. The fourth-order valence-corrected chi connectivity index (χ4v) is 2.52. The van der Waals surface area contributed by atoms with Crippen LogP contribution in [0.15, 0.2) is 18.2 Å². The van der Waals surface area contributed by atoms with E-state index in [0.717, 1.165) is 0 Å². The Kier molecular flexibility index (Phi) is 4.52. The summed E-state index contributed by atoms with van der Waals surface area (Å²) in [4.78, 5) is 13.2. The maximum atomic E-state index is 11.2. The topological polar surface area (TPSA) is 87.1 Å². The van der Waals surface area contributed by atoms with Crippen LogP contribution in [-0.2, 0) is 21.6 Å². The molecular formula is C12H15NO5S. The van der Waals surface area contributed by atoms with E-state index in [1.807, 2.05) is 4.90 Å². The van der Waals surface area contributed by atoms with E-state index in [2.05, 4.69) is 0 Å². The van der Waals surface area contributed by atoms with Gasteiger partial charge >= 0.3 is 5.97 Å². The fraction of sp³-hybridized carbons (Fsp3) is 0.417. The number of carbonyl (C=O) groups is 1. The minimum atomic E-state index is -1.94. The Morgan fingerprint density at radius 3 is 2.63 bits per heavy atom. The second-order valence-electron chi connectivity index (χ2n) is 4.22. The lowest BCUT2D eigenvalue weighted by molar-refractivity contribution is 0.0696. The number of aromatic carboxylic acids is 1. The van der Waals surface area contributed by atoms with Crippen molar-refractivity contribution in [1.29, 1.82) is 0 Å². The van der Waals surface area contributed by atoms with Crippen LogP contribution in [0.25, 0.3) is 0 Å². The molecule has 1 aromatic carbocycles. The molecule has 0 bridgehead atoms. The summed E-state index contributed by atoms with van der Waals surface area (Å²) < 4.78 is 25.0. The summed E-state index contributed by atoms with van der Waals surface area (Å²) in [6.07, 6.45) is 0. The molecule has 0 radical (unpaired) electrons. The Labute approximate surface area is 113 Å². The van der Waals surface area contributed by atoms with E-state index in [-0.39, 0.29) is 11.3 Å². The van der Waals surface area contributed by atoms with Crippen molar-refractivity contribution in [3.05, 3.63) is 29.3 Å². The van der Waals surface area contributed by atoms with Gasteiger partial charge in [-0.1, -0.05) is 6.07 Å². The van der Waals surface area contributed by atoms with E-state index >= 15 is 0 Å². The second-order valence-corrected chi connectivity index (χ2v) is 5.15. The lowest BCUT2D eigenvalue weighted by atomic mass is 10.1. The number of morpholine rings is 1. The zero-order valence-corrected chi connectivity index (χ0v) is 11.1. The highest BCUT2D eigenvalue weighted by Gasteiger charge is 2.19. The van der Waals surface area contributed by atoms with Crippen LogP contribution in [0.1, 0.15) is 15.9 Å². The molecule has 1 aliphatic heterocycles. The van der Waals surface area contributed by atoms with Gasteiger partial charge in [-0.05, 0) is 17.7 Å². The molecule has 0 spiro atoms. The van der Waals surface area contributed by atoms with Gasteiger partial charge in [0.1, 0.15) is 0 Å². The second kappa shape index (κ2) is 6.14. The highest BCUT2D eigenvalue weighted by molar-refractivity contribution is 7.78. The van der Waals surface area contributed by atoms with Crippen LogP contribution in [0.4, 0.5) is 5.69 Å². The van der Waals surface area contributed by atoms with Gasteiger partial charge in [0.25, 0.3) is 0 Å². The van der Waals surface area contributed by atoms with Gasteiger partial charge in [-0.15, -0.1) is 0 Å². The number of anilines is 1. The molecule has 0 saturated carbocycles. The Bertz CT molecular complexity index is 499. The summed E-state index contributed by atoms with van der Waals surface area (Å²) in [5.41, 5.74) is 1.43. The van der Waals surface area contributed by atoms with Crippen molar-refractivity contribution in [3.63, 3.8) is 0 Å². The molecule has 1 unspecified atom stereocenters. The average Bonchev–Trinajstić information content (AvgIpc) is 2.38. The third-order valence-corrected chi connectivity index (χ3v) is 3.51. The molecule has 0 aromatic heterocycles. The quantitative estimate of drug-likeness (QED) is 0.801. The van der Waals surface area contributed by atoms with Gasteiger partial charge in [0, 0.05) is 13.1 Å². The molecule has 104 valence electrons. The molecule has 1 aromatic rings. The monoisotopic (exact) mass is 285 g/mol. The molecular weight excluding hydrogens is 270 g/mol. The van der Waals surface area contributed by atoms with E-state index in [1.165, 1.54) is 6.07 Å². The first kappa shape index (κ1) is 14.0. The first-order valence-electron chi connectivity index (χ1n) is 5.84. The van der Waals surface area contributed by atoms with E-state index in [9.17, 15) is 14.1 Å². The van der Waals surface area contributed by atoms with Gasteiger partial charge in [-0.25, -0.2) is 9.00 Å². The maximum Gasteiger partial charge on any atom is 0.337 e. The highest BCUT2D eigenvalue weighted by Crippen LogP contribution is 2.24. The van der Waals surface area contributed by atoms with Gasteiger partial charge in [-0.3, -0.25) is 0 Å². The maximum absolute atomic E-state index is 11.2. The van der Waals surface area contributed by atoms with Crippen molar-refractivity contribution >= 4 is 22.7 Å². The number of carboxylic acids is 1. The third-order valence-electron chi connectivity index (χ3n) is 2.93. The Hall–Kier alpha value is -1.44. The van der Waals surface area contributed by atoms with Crippen molar-refractivity contribution in [3.8, 4) is 0 Å². The molecule has 0 aliphatic carbocycles. The highest BCUT2D eigenvalue weighted by atomic mass is 32.2. The standard InChI is InChI=1S/C12H15NO5S/c14-12(15)10-2-1-9(8-19(16)17)7-11(10)13-3-5-18-6-4-13/h1-2,7H,3-6,8H2,(H,14,15)(H,16,17). The minimum absolute atomic E-state index is 0.00274. The molecule has 2 rings (SSSR count). The summed E-state index contributed by atoms with van der Waals surface area (Å²) in [5.74, 6) is -1.00. The number of benzene rings is 1. The number of rotatable bonds is 4. The molecule has 1 heterocycles. The minimum Gasteiger partial charge on any atom is -0.478 e. The van der Waals surface area contributed by atoms with E-state index in [4.69, 9.17) is 9.29 Å². The zero-order chi connectivity index (χ0) is 13.8. The number of ether oxygens (including phenoxy) is 1. The SMILES string of the molecule is O=C(O)c1ccc(CS(=O)O)cc1N1CCOCC1. The molecule has 1 atom stereocenters. The number of carboxylic acid groups (broad SMARTS) is 1.